The van der Waals surface area contributed by atoms with Crippen molar-refractivity contribution in [1.29, 1.82) is 0 Å². The van der Waals surface area contributed by atoms with Gasteiger partial charge in [0, 0.05) is 45.7 Å². The van der Waals surface area contributed by atoms with Gasteiger partial charge in [-0.2, -0.15) is 0 Å². The van der Waals surface area contributed by atoms with Crippen LogP contribution in [0.4, 0.5) is 0 Å². The molecule has 2 fully saturated rings. The van der Waals surface area contributed by atoms with Gasteiger partial charge in [-0.3, -0.25) is 4.90 Å². The van der Waals surface area contributed by atoms with Gasteiger partial charge in [-0.1, -0.05) is 6.92 Å². The molecule has 0 N–H and O–H groups in total. The molecule has 0 bridgehead atoms. The van der Waals surface area contributed by atoms with Crippen LogP contribution in [0.1, 0.15) is 31.4 Å². The highest BCUT2D eigenvalue weighted by atomic mass is 16.4. The summed E-state index contributed by atoms with van der Waals surface area (Å²) in [5, 5.41) is 0. The van der Waals surface area contributed by atoms with E-state index in [0.717, 1.165) is 30.5 Å². The molecule has 5 nitrogen and oxygen atoms in total. The van der Waals surface area contributed by atoms with E-state index in [1.807, 2.05) is 6.20 Å². The molecule has 0 radical (unpaired) electrons. The molecule has 5 heteroatoms. The zero-order chi connectivity index (χ0) is 15.4. The van der Waals surface area contributed by atoms with Crippen LogP contribution in [0.5, 0.6) is 0 Å². The SMILES string of the molecule is CCc1cnc(CN2CCC[C@H](CN3CCN(C)CC3)C2)o1. The Morgan fingerprint density at radius 3 is 2.73 bits per heavy atom. The van der Waals surface area contributed by atoms with Gasteiger partial charge in [0.1, 0.15) is 5.76 Å². The van der Waals surface area contributed by atoms with Gasteiger partial charge in [-0.15, -0.1) is 0 Å². The molecule has 0 amide bonds. The molecular formula is C17H30N4O. The van der Waals surface area contributed by atoms with Crippen LogP contribution in [0.25, 0.3) is 0 Å². The molecule has 1 atom stereocenters. The van der Waals surface area contributed by atoms with Crippen molar-refractivity contribution in [2.75, 3.05) is 52.9 Å². The van der Waals surface area contributed by atoms with Crippen molar-refractivity contribution in [3.63, 3.8) is 0 Å². The first-order chi connectivity index (χ1) is 10.7. The lowest BCUT2D eigenvalue weighted by Gasteiger charge is -2.38. The zero-order valence-corrected chi connectivity index (χ0v) is 14.1. The van der Waals surface area contributed by atoms with Gasteiger partial charge in [0.15, 0.2) is 0 Å². The van der Waals surface area contributed by atoms with Gasteiger partial charge in [0.05, 0.1) is 12.7 Å². The second-order valence-corrected chi connectivity index (χ2v) is 6.92. The third-order valence-electron chi connectivity index (χ3n) is 5.02. The van der Waals surface area contributed by atoms with Crippen LogP contribution in [0, 0.1) is 5.92 Å². The fourth-order valence-electron chi connectivity index (χ4n) is 3.62. The monoisotopic (exact) mass is 306 g/mol. The average Bonchev–Trinajstić information content (AvgIpc) is 2.98. The lowest BCUT2D eigenvalue weighted by molar-refractivity contribution is 0.0928. The van der Waals surface area contributed by atoms with Crippen LogP contribution in [0.2, 0.25) is 0 Å². The smallest absolute Gasteiger partial charge is 0.208 e. The largest absolute Gasteiger partial charge is 0.444 e. The maximum absolute atomic E-state index is 5.76. The Morgan fingerprint density at radius 2 is 2.00 bits per heavy atom. The van der Waals surface area contributed by atoms with Gasteiger partial charge in [-0.25, -0.2) is 4.98 Å². The Hall–Kier alpha value is -0.910. The summed E-state index contributed by atoms with van der Waals surface area (Å²) in [5.41, 5.74) is 0. The van der Waals surface area contributed by atoms with Crippen LogP contribution < -0.4 is 0 Å². The van der Waals surface area contributed by atoms with E-state index in [0.29, 0.717) is 0 Å². The Morgan fingerprint density at radius 1 is 1.18 bits per heavy atom. The Labute approximate surface area is 134 Å². The standard InChI is InChI=1S/C17H30N4O/c1-3-16-11-18-17(22-16)14-21-6-4-5-15(13-21)12-20-9-7-19(2)8-10-20/h11,15H,3-10,12-14H2,1-2H3/t15-/m1/s1. The predicted molar refractivity (Wildman–Crippen MR) is 87.8 cm³/mol. The van der Waals surface area contributed by atoms with Crippen LogP contribution in [-0.4, -0.2) is 72.5 Å². The summed E-state index contributed by atoms with van der Waals surface area (Å²) in [6.07, 6.45) is 5.48. The Kier molecular flexibility index (Phi) is 5.50. The topological polar surface area (TPSA) is 35.8 Å². The molecule has 2 saturated heterocycles. The van der Waals surface area contributed by atoms with Gasteiger partial charge < -0.3 is 14.2 Å². The van der Waals surface area contributed by atoms with E-state index in [2.05, 4.69) is 33.7 Å². The van der Waals surface area contributed by atoms with Crippen molar-refractivity contribution in [2.45, 2.75) is 32.7 Å². The molecule has 1 aromatic rings. The molecule has 3 heterocycles. The number of piperazine rings is 1. The first kappa shape index (κ1) is 16.0. The number of likely N-dealkylation sites (tertiary alicyclic amines) is 1. The van der Waals surface area contributed by atoms with Crippen molar-refractivity contribution in [2.24, 2.45) is 5.92 Å². The van der Waals surface area contributed by atoms with Crippen LogP contribution in [0.15, 0.2) is 10.6 Å². The second-order valence-electron chi connectivity index (χ2n) is 6.92. The van der Waals surface area contributed by atoms with Crippen LogP contribution in [-0.2, 0) is 13.0 Å². The molecule has 2 aliphatic rings. The van der Waals surface area contributed by atoms with Crippen molar-refractivity contribution < 1.29 is 4.42 Å². The highest BCUT2D eigenvalue weighted by Gasteiger charge is 2.24. The minimum absolute atomic E-state index is 0.803. The van der Waals surface area contributed by atoms with E-state index < -0.39 is 0 Å². The van der Waals surface area contributed by atoms with Gasteiger partial charge in [-0.05, 0) is 32.4 Å². The third kappa shape index (κ3) is 4.31. The lowest BCUT2D eigenvalue weighted by atomic mass is 9.97. The number of hydrogen-bond acceptors (Lipinski definition) is 5. The van der Waals surface area contributed by atoms with E-state index in [9.17, 15) is 0 Å². The summed E-state index contributed by atoms with van der Waals surface area (Å²) in [4.78, 5) is 12.0. The second kappa shape index (κ2) is 7.57. The highest BCUT2D eigenvalue weighted by molar-refractivity contribution is 4.94. The molecule has 1 aromatic heterocycles. The molecule has 0 aliphatic carbocycles. The van der Waals surface area contributed by atoms with Crippen LogP contribution >= 0.6 is 0 Å². The van der Waals surface area contributed by atoms with E-state index in [1.54, 1.807) is 0 Å². The number of rotatable bonds is 5. The van der Waals surface area contributed by atoms with Crippen molar-refractivity contribution in [3.05, 3.63) is 17.8 Å². The summed E-state index contributed by atoms with van der Waals surface area (Å²) in [7, 11) is 2.22. The molecule has 22 heavy (non-hydrogen) atoms. The maximum atomic E-state index is 5.76. The molecule has 3 rings (SSSR count). The van der Waals surface area contributed by atoms with Gasteiger partial charge >= 0.3 is 0 Å². The number of aromatic nitrogens is 1. The number of hydrogen-bond donors (Lipinski definition) is 0. The molecule has 124 valence electrons. The van der Waals surface area contributed by atoms with Gasteiger partial charge in [0.25, 0.3) is 0 Å². The number of aryl methyl sites for hydroxylation is 1. The molecular weight excluding hydrogens is 276 g/mol. The minimum Gasteiger partial charge on any atom is -0.444 e. The number of nitrogens with zero attached hydrogens (tertiary/aromatic N) is 4. The Balaban J connectivity index is 1.46. The normalized spacial score (nSPS) is 25.6. The summed E-state index contributed by atoms with van der Waals surface area (Å²) in [5.74, 6) is 2.69. The summed E-state index contributed by atoms with van der Waals surface area (Å²) in [6.45, 7) is 11.5. The summed E-state index contributed by atoms with van der Waals surface area (Å²) in [6, 6.07) is 0. The maximum Gasteiger partial charge on any atom is 0.208 e. The average molecular weight is 306 g/mol. The number of likely N-dealkylation sites (N-methyl/N-ethyl adjacent to an activating group) is 1. The first-order valence-electron chi connectivity index (χ1n) is 8.79. The number of piperidine rings is 1. The van der Waals surface area contributed by atoms with E-state index in [-0.39, 0.29) is 0 Å². The predicted octanol–water partition coefficient (Wildman–Crippen LogP) is 1.70. The lowest BCUT2D eigenvalue weighted by Crippen LogP contribution is -2.48. The van der Waals surface area contributed by atoms with E-state index in [4.69, 9.17) is 4.42 Å². The highest BCUT2D eigenvalue weighted by Crippen LogP contribution is 2.20. The molecule has 2 aliphatic heterocycles. The quantitative estimate of drug-likeness (QED) is 0.827. The van der Waals surface area contributed by atoms with Crippen molar-refractivity contribution >= 4 is 0 Å². The Bertz CT molecular complexity index is 453. The molecule has 0 unspecified atom stereocenters. The minimum atomic E-state index is 0.803. The first-order valence-corrected chi connectivity index (χ1v) is 8.79. The fraction of sp³-hybridized carbons (Fsp3) is 0.824. The fourth-order valence-corrected chi connectivity index (χ4v) is 3.62. The summed E-state index contributed by atoms with van der Waals surface area (Å²) >= 11 is 0. The third-order valence-corrected chi connectivity index (χ3v) is 5.02. The molecule has 0 saturated carbocycles. The molecule has 0 aromatic carbocycles. The number of oxazole rings is 1. The van der Waals surface area contributed by atoms with Gasteiger partial charge in [0.2, 0.25) is 5.89 Å². The van der Waals surface area contributed by atoms with E-state index >= 15 is 0 Å². The molecule has 0 spiro atoms. The van der Waals surface area contributed by atoms with Crippen LogP contribution in [0.3, 0.4) is 0 Å². The zero-order valence-electron chi connectivity index (χ0n) is 14.1. The van der Waals surface area contributed by atoms with Crippen molar-refractivity contribution in [3.8, 4) is 0 Å². The van der Waals surface area contributed by atoms with Crippen molar-refractivity contribution in [1.82, 2.24) is 19.7 Å². The summed E-state index contributed by atoms with van der Waals surface area (Å²) < 4.78 is 5.76. The van der Waals surface area contributed by atoms with E-state index in [1.165, 1.54) is 58.7 Å².